The number of likely N-dealkylation sites (tertiary alicyclic amines) is 1. The van der Waals surface area contributed by atoms with Crippen molar-refractivity contribution in [2.24, 2.45) is 11.8 Å². The molecule has 2 bridgehead atoms. The lowest BCUT2D eigenvalue weighted by Crippen LogP contribution is -2.80. The molecule has 5 nitrogen and oxygen atoms in total. The molecule has 3 fully saturated rings. The normalized spacial score (nSPS) is 44.7. The molecule has 5 aliphatic rings. The van der Waals surface area contributed by atoms with Gasteiger partial charge in [0.05, 0.1) is 11.0 Å². The summed E-state index contributed by atoms with van der Waals surface area (Å²) in [5, 5.41) is 26.5. The van der Waals surface area contributed by atoms with Crippen molar-refractivity contribution in [2.45, 2.75) is 68.2 Å². The van der Waals surface area contributed by atoms with Crippen molar-refractivity contribution >= 4 is 0 Å². The van der Waals surface area contributed by atoms with Gasteiger partial charge in [0.2, 0.25) is 0 Å². The molecule has 3 N–H and O–H groups in total. The van der Waals surface area contributed by atoms with E-state index in [2.05, 4.69) is 23.2 Å². The van der Waals surface area contributed by atoms with Crippen LogP contribution in [-0.4, -0.2) is 59.0 Å². The first kappa shape index (κ1) is 16.6. The van der Waals surface area contributed by atoms with Crippen LogP contribution in [0.25, 0.3) is 0 Å². The summed E-state index contributed by atoms with van der Waals surface area (Å²) in [7, 11) is 1.99. The number of rotatable bonds is 3. The first-order valence-corrected chi connectivity index (χ1v) is 10.7. The van der Waals surface area contributed by atoms with Gasteiger partial charge < -0.3 is 20.3 Å². The standard InChI is InChI=1S/C22H30N2O3/c1-12-9-15(23-2)20-21-7-8-24(11-13-3-4-13)17(22(12,21)26)10-14-5-6-16(25)19(27-20)18(14)21/h5-6,12-13,15,17,20,23,25-26H,3-4,7-11H2,1-2H3/t12-,15+,17+,20-,21-,22+/m0/s1. The lowest BCUT2D eigenvalue weighted by molar-refractivity contribution is -0.217. The van der Waals surface area contributed by atoms with Gasteiger partial charge in [-0.2, -0.15) is 0 Å². The molecule has 1 aromatic carbocycles. The summed E-state index contributed by atoms with van der Waals surface area (Å²) in [5.41, 5.74) is 1.17. The topological polar surface area (TPSA) is 65.0 Å². The SMILES string of the molecule is CN[C@@H]1C[C@H](C)[C@@]2(O)[C@H]3Cc4ccc(O)c5c4[C@@]2(CCN3CC2CC2)[C@H]1O5. The van der Waals surface area contributed by atoms with E-state index >= 15 is 0 Å². The minimum absolute atomic E-state index is 0.114. The molecule has 0 aromatic heterocycles. The Morgan fingerprint density at radius 1 is 1.33 bits per heavy atom. The Morgan fingerprint density at radius 3 is 2.89 bits per heavy atom. The summed E-state index contributed by atoms with van der Waals surface area (Å²) in [6.07, 6.45) is 5.23. The molecular weight excluding hydrogens is 340 g/mol. The highest BCUT2D eigenvalue weighted by atomic mass is 16.5. The van der Waals surface area contributed by atoms with Gasteiger partial charge in [-0.05, 0) is 69.2 Å². The number of aliphatic hydroxyl groups is 1. The highest BCUT2D eigenvalue weighted by Gasteiger charge is 2.74. The maximum absolute atomic E-state index is 12.5. The van der Waals surface area contributed by atoms with Gasteiger partial charge in [0.15, 0.2) is 11.5 Å². The second-order valence-corrected chi connectivity index (χ2v) is 9.72. The van der Waals surface area contributed by atoms with E-state index in [4.69, 9.17) is 4.74 Å². The Kier molecular flexibility index (Phi) is 3.20. The first-order chi connectivity index (χ1) is 13.0. The monoisotopic (exact) mass is 370 g/mol. The van der Waals surface area contributed by atoms with Gasteiger partial charge in [-0.1, -0.05) is 13.0 Å². The Labute approximate surface area is 160 Å². The molecule has 6 rings (SSSR count). The number of nitrogens with one attached hydrogen (secondary N) is 1. The van der Waals surface area contributed by atoms with Gasteiger partial charge in [0.1, 0.15) is 6.10 Å². The zero-order valence-corrected chi connectivity index (χ0v) is 16.2. The fourth-order valence-corrected chi connectivity index (χ4v) is 7.20. The summed E-state index contributed by atoms with van der Waals surface area (Å²) >= 11 is 0. The number of piperidine rings is 1. The van der Waals surface area contributed by atoms with E-state index in [9.17, 15) is 10.2 Å². The summed E-state index contributed by atoms with van der Waals surface area (Å²) in [5.74, 6) is 1.86. The van der Waals surface area contributed by atoms with E-state index in [1.165, 1.54) is 18.4 Å². The number of likely N-dealkylation sites (N-methyl/N-ethyl adjacent to an activating group) is 1. The molecule has 2 heterocycles. The molecule has 27 heavy (non-hydrogen) atoms. The van der Waals surface area contributed by atoms with Crippen molar-refractivity contribution in [3.8, 4) is 11.5 Å². The summed E-state index contributed by atoms with van der Waals surface area (Å²) in [6.45, 7) is 4.36. The van der Waals surface area contributed by atoms with Gasteiger partial charge in [-0.15, -0.1) is 0 Å². The molecule has 146 valence electrons. The molecule has 6 atom stereocenters. The van der Waals surface area contributed by atoms with E-state index in [-0.39, 0.29) is 29.9 Å². The Balaban J connectivity index is 1.58. The van der Waals surface area contributed by atoms with Crippen LogP contribution in [0.2, 0.25) is 0 Å². The maximum atomic E-state index is 12.5. The predicted octanol–water partition coefficient (Wildman–Crippen LogP) is 1.79. The molecule has 5 heteroatoms. The molecule has 1 spiro atoms. The van der Waals surface area contributed by atoms with E-state index < -0.39 is 11.0 Å². The number of benzene rings is 1. The zero-order valence-electron chi connectivity index (χ0n) is 16.2. The minimum atomic E-state index is -0.801. The van der Waals surface area contributed by atoms with Crippen molar-refractivity contribution in [2.75, 3.05) is 20.1 Å². The molecular formula is C22H30N2O3. The molecule has 2 saturated carbocycles. The predicted molar refractivity (Wildman–Crippen MR) is 102 cm³/mol. The molecule has 0 amide bonds. The third kappa shape index (κ3) is 1.82. The van der Waals surface area contributed by atoms with Crippen LogP contribution in [0.4, 0.5) is 0 Å². The van der Waals surface area contributed by atoms with E-state index in [0.717, 1.165) is 43.8 Å². The summed E-state index contributed by atoms with van der Waals surface area (Å²) < 4.78 is 6.46. The molecule has 0 radical (unpaired) electrons. The summed E-state index contributed by atoms with van der Waals surface area (Å²) in [6, 6.07) is 4.19. The Bertz CT molecular complexity index is 809. The highest BCUT2D eigenvalue weighted by molar-refractivity contribution is 5.62. The summed E-state index contributed by atoms with van der Waals surface area (Å²) in [4.78, 5) is 2.59. The zero-order chi connectivity index (χ0) is 18.6. The smallest absolute Gasteiger partial charge is 0.165 e. The first-order valence-electron chi connectivity index (χ1n) is 10.7. The maximum Gasteiger partial charge on any atom is 0.165 e. The van der Waals surface area contributed by atoms with Crippen LogP contribution in [0.3, 0.4) is 0 Å². The third-order valence-electron chi connectivity index (χ3n) is 8.55. The van der Waals surface area contributed by atoms with Crippen molar-refractivity contribution < 1.29 is 14.9 Å². The molecule has 1 aromatic rings. The van der Waals surface area contributed by atoms with Gasteiger partial charge in [0, 0.05) is 24.2 Å². The van der Waals surface area contributed by atoms with Crippen LogP contribution >= 0.6 is 0 Å². The van der Waals surface area contributed by atoms with Crippen LogP contribution in [0.1, 0.15) is 43.7 Å². The highest BCUT2D eigenvalue weighted by Crippen LogP contribution is 2.66. The lowest BCUT2D eigenvalue weighted by atomic mass is 9.45. The minimum Gasteiger partial charge on any atom is -0.504 e. The number of hydrogen-bond acceptors (Lipinski definition) is 5. The van der Waals surface area contributed by atoms with E-state index in [1.54, 1.807) is 6.07 Å². The Morgan fingerprint density at radius 2 is 2.15 bits per heavy atom. The number of nitrogens with zero attached hydrogens (tertiary/aromatic N) is 1. The quantitative estimate of drug-likeness (QED) is 0.757. The number of phenols is 1. The number of hydrogen-bond donors (Lipinski definition) is 3. The van der Waals surface area contributed by atoms with Gasteiger partial charge in [-0.3, -0.25) is 4.90 Å². The van der Waals surface area contributed by atoms with Crippen LogP contribution < -0.4 is 10.1 Å². The largest absolute Gasteiger partial charge is 0.504 e. The van der Waals surface area contributed by atoms with Crippen LogP contribution in [0.5, 0.6) is 11.5 Å². The van der Waals surface area contributed by atoms with E-state index in [0.29, 0.717) is 5.75 Å². The van der Waals surface area contributed by atoms with Crippen LogP contribution in [0, 0.1) is 11.8 Å². The molecule has 1 saturated heterocycles. The van der Waals surface area contributed by atoms with Gasteiger partial charge in [-0.25, -0.2) is 0 Å². The van der Waals surface area contributed by atoms with Crippen molar-refractivity contribution in [3.63, 3.8) is 0 Å². The number of aromatic hydroxyl groups is 1. The lowest BCUT2D eigenvalue weighted by Gasteiger charge is -2.66. The number of phenolic OH excluding ortho intramolecular Hbond substituents is 1. The van der Waals surface area contributed by atoms with Crippen molar-refractivity contribution in [3.05, 3.63) is 23.3 Å². The Hall–Kier alpha value is -1.30. The van der Waals surface area contributed by atoms with Gasteiger partial charge in [0.25, 0.3) is 0 Å². The second kappa shape index (κ2) is 5.19. The van der Waals surface area contributed by atoms with Crippen LogP contribution in [0.15, 0.2) is 12.1 Å². The average Bonchev–Trinajstić information content (AvgIpc) is 3.39. The molecule has 0 unspecified atom stereocenters. The van der Waals surface area contributed by atoms with Crippen molar-refractivity contribution in [1.82, 2.24) is 10.2 Å². The third-order valence-corrected chi connectivity index (χ3v) is 8.55. The van der Waals surface area contributed by atoms with Crippen molar-refractivity contribution in [1.29, 1.82) is 0 Å². The van der Waals surface area contributed by atoms with Gasteiger partial charge >= 0.3 is 0 Å². The number of ether oxygens (including phenoxy) is 1. The second-order valence-electron chi connectivity index (χ2n) is 9.72. The van der Waals surface area contributed by atoms with Crippen LogP contribution in [-0.2, 0) is 11.8 Å². The fraction of sp³-hybridized carbons (Fsp3) is 0.727. The fourth-order valence-electron chi connectivity index (χ4n) is 7.20. The molecule has 3 aliphatic carbocycles. The average molecular weight is 370 g/mol. The van der Waals surface area contributed by atoms with E-state index in [1.807, 2.05) is 7.05 Å². The molecule has 2 aliphatic heterocycles.